The minimum atomic E-state index is -2.62. The van der Waals surface area contributed by atoms with Crippen LogP contribution in [-0.4, -0.2) is 33.7 Å². The highest BCUT2D eigenvalue weighted by molar-refractivity contribution is 6.30. The maximum atomic E-state index is 12.7. The van der Waals surface area contributed by atoms with Gasteiger partial charge in [-0.15, -0.1) is 0 Å². The van der Waals surface area contributed by atoms with Crippen LogP contribution in [0.2, 0.25) is 5.02 Å². The second-order valence-electron chi connectivity index (χ2n) is 6.49. The summed E-state index contributed by atoms with van der Waals surface area (Å²) in [5.41, 5.74) is 1.49. The first-order valence-corrected chi connectivity index (χ1v) is 8.65. The van der Waals surface area contributed by atoms with E-state index in [0.29, 0.717) is 29.7 Å². The number of carbonyl (C=O) groups is 1. The molecule has 1 unspecified atom stereocenters. The molecular formula is C18H20ClF2N3O. The normalized spacial score (nSPS) is 17.5. The van der Waals surface area contributed by atoms with Gasteiger partial charge < -0.3 is 4.90 Å². The standard InChI is InChI=1S/C18H20ClF2N3O/c1-12-8-16(18(20)21)22-24(12)11-17(25)23-7-6-14(10-23)9-13-2-4-15(19)5-3-13/h2-5,8,14,18H,6-7,9-11H2,1H3. The monoisotopic (exact) mass is 367 g/mol. The molecule has 1 atom stereocenters. The van der Waals surface area contributed by atoms with Crippen molar-refractivity contribution in [2.45, 2.75) is 32.7 Å². The lowest BCUT2D eigenvalue weighted by Crippen LogP contribution is -2.32. The summed E-state index contributed by atoms with van der Waals surface area (Å²) in [5.74, 6) is 0.325. The summed E-state index contributed by atoms with van der Waals surface area (Å²) in [7, 11) is 0. The summed E-state index contributed by atoms with van der Waals surface area (Å²) in [6, 6.07) is 9.08. The van der Waals surface area contributed by atoms with Crippen molar-refractivity contribution in [3.05, 3.63) is 52.3 Å². The number of likely N-dealkylation sites (tertiary alicyclic amines) is 1. The zero-order valence-electron chi connectivity index (χ0n) is 14.0. The van der Waals surface area contributed by atoms with Crippen molar-refractivity contribution in [3.8, 4) is 0 Å². The van der Waals surface area contributed by atoms with Gasteiger partial charge in [0.25, 0.3) is 6.43 Å². The third-order valence-electron chi connectivity index (χ3n) is 4.58. The average Bonchev–Trinajstić information content (AvgIpc) is 3.17. The molecule has 0 saturated carbocycles. The highest BCUT2D eigenvalue weighted by atomic mass is 35.5. The average molecular weight is 368 g/mol. The number of rotatable bonds is 5. The number of amides is 1. The molecule has 1 aromatic heterocycles. The van der Waals surface area contributed by atoms with Gasteiger partial charge in [-0.3, -0.25) is 9.48 Å². The van der Waals surface area contributed by atoms with Crippen LogP contribution in [0.5, 0.6) is 0 Å². The first-order chi connectivity index (χ1) is 11.9. The van der Waals surface area contributed by atoms with E-state index in [-0.39, 0.29) is 18.1 Å². The van der Waals surface area contributed by atoms with Crippen LogP contribution in [0.1, 0.15) is 29.8 Å². The molecule has 2 aromatic rings. The van der Waals surface area contributed by atoms with Gasteiger partial charge in [0.1, 0.15) is 12.2 Å². The van der Waals surface area contributed by atoms with Crippen molar-refractivity contribution >= 4 is 17.5 Å². The number of aromatic nitrogens is 2. The van der Waals surface area contributed by atoms with Gasteiger partial charge in [-0.2, -0.15) is 5.10 Å². The number of alkyl halides is 2. The van der Waals surface area contributed by atoms with Crippen LogP contribution in [0.25, 0.3) is 0 Å². The van der Waals surface area contributed by atoms with Crippen molar-refractivity contribution < 1.29 is 13.6 Å². The molecule has 1 fully saturated rings. The molecule has 4 nitrogen and oxygen atoms in total. The van der Waals surface area contributed by atoms with Crippen LogP contribution in [-0.2, 0) is 17.8 Å². The Kier molecular flexibility index (Phi) is 5.37. The molecule has 3 rings (SSSR count). The van der Waals surface area contributed by atoms with Gasteiger partial charge >= 0.3 is 0 Å². The Morgan fingerprint density at radius 2 is 2.08 bits per heavy atom. The van der Waals surface area contributed by atoms with E-state index in [2.05, 4.69) is 5.10 Å². The molecule has 1 saturated heterocycles. The van der Waals surface area contributed by atoms with E-state index in [1.807, 2.05) is 24.3 Å². The molecule has 25 heavy (non-hydrogen) atoms. The van der Waals surface area contributed by atoms with E-state index in [0.717, 1.165) is 12.8 Å². The van der Waals surface area contributed by atoms with Crippen LogP contribution < -0.4 is 0 Å². The number of benzene rings is 1. The summed E-state index contributed by atoms with van der Waals surface area (Å²) in [5, 5.41) is 4.54. The molecule has 1 aliphatic heterocycles. The van der Waals surface area contributed by atoms with E-state index in [9.17, 15) is 13.6 Å². The number of nitrogens with zero attached hydrogens (tertiary/aromatic N) is 3. The summed E-state index contributed by atoms with van der Waals surface area (Å²) >= 11 is 5.90. The third-order valence-corrected chi connectivity index (χ3v) is 4.84. The molecule has 134 valence electrons. The van der Waals surface area contributed by atoms with Gasteiger partial charge in [-0.05, 0) is 49.4 Å². The third kappa shape index (κ3) is 4.37. The first kappa shape index (κ1) is 17.9. The predicted octanol–water partition coefficient (Wildman–Crippen LogP) is 3.87. The molecule has 0 bridgehead atoms. The van der Waals surface area contributed by atoms with Crippen LogP contribution in [0.15, 0.2) is 30.3 Å². The lowest BCUT2D eigenvalue weighted by Gasteiger charge is -2.17. The first-order valence-electron chi connectivity index (χ1n) is 8.27. The van der Waals surface area contributed by atoms with Crippen molar-refractivity contribution in [2.24, 2.45) is 5.92 Å². The SMILES string of the molecule is Cc1cc(C(F)F)nn1CC(=O)N1CCC(Cc2ccc(Cl)cc2)C1. The zero-order valence-corrected chi connectivity index (χ0v) is 14.7. The summed E-state index contributed by atoms with van der Waals surface area (Å²) in [6.45, 7) is 3.06. The Morgan fingerprint density at radius 3 is 2.72 bits per heavy atom. The minimum Gasteiger partial charge on any atom is -0.341 e. The van der Waals surface area contributed by atoms with Gasteiger partial charge in [-0.25, -0.2) is 8.78 Å². The van der Waals surface area contributed by atoms with Crippen molar-refractivity contribution in [2.75, 3.05) is 13.1 Å². The Morgan fingerprint density at radius 1 is 1.36 bits per heavy atom. The molecule has 0 radical (unpaired) electrons. The van der Waals surface area contributed by atoms with Crippen molar-refractivity contribution in [1.82, 2.24) is 14.7 Å². The highest BCUT2D eigenvalue weighted by Crippen LogP contribution is 2.23. The summed E-state index contributed by atoms with van der Waals surface area (Å²) < 4.78 is 26.8. The Balaban J connectivity index is 1.56. The van der Waals surface area contributed by atoms with E-state index in [1.54, 1.807) is 11.8 Å². The number of aryl methyl sites for hydroxylation is 1. The zero-order chi connectivity index (χ0) is 18.0. The van der Waals surface area contributed by atoms with E-state index >= 15 is 0 Å². The van der Waals surface area contributed by atoms with Gasteiger partial charge in [-0.1, -0.05) is 23.7 Å². The summed E-state index contributed by atoms with van der Waals surface area (Å²) in [6.07, 6.45) is -0.781. The molecule has 1 aliphatic rings. The second-order valence-corrected chi connectivity index (χ2v) is 6.93. The number of hydrogen-bond donors (Lipinski definition) is 0. The van der Waals surface area contributed by atoms with E-state index < -0.39 is 6.43 Å². The van der Waals surface area contributed by atoms with Gasteiger partial charge in [0.15, 0.2) is 0 Å². The predicted molar refractivity (Wildman–Crippen MR) is 91.8 cm³/mol. The maximum absolute atomic E-state index is 12.7. The molecule has 0 aliphatic carbocycles. The highest BCUT2D eigenvalue weighted by Gasteiger charge is 2.27. The molecule has 1 amide bonds. The van der Waals surface area contributed by atoms with Crippen LogP contribution in [0.3, 0.4) is 0 Å². The van der Waals surface area contributed by atoms with Gasteiger partial charge in [0, 0.05) is 23.8 Å². The fourth-order valence-electron chi connectivity index (χ4n) is 3.21. The Hall–Kier alpha value is -1.95. The van der Waals surface area contributed by atoms with Gasteiger partial charge in [0.2, 0.25) is 5.91 Å². The minimum absolute atomic E-state index is 0.00617. The van der Waals surface area contributed by atoms with Crippen molar-refractivity contribution in [1.29, 1.82) is 0 Å². The smallest absolute Gasteiger partial charge is 0.282 e. The molecule has 2 heterocycles. The largest absolute Gasteiger partial charge is 0.341 e. The second kappa shape index (κ2) is 7.52. The lowest BCUT2D eigenvalue weighted by atomic mass is 9.99. The molecule has 1 aromatic carbocycles. The van der Waals surface area contributed by atoms with Gasteiger partial charge in [0.05, 0.1) is 0 Å². The Labute approximate surface area is 150 Å². The number of halogens is 3. The lowest BCUT2D eigenvalue weighted by molar-refractivity contribution is -0.131. The quantitative estimate of drug-likeness (QED) is 0.804. The van der Waals surface area contributed by atoms with Crippen LogP contribution >= 0.6 is 11.6 Å². The molecule has 0 N–H and O–H groups in total. The number of carbonyl (C=O) groups excluding carboxylic acids is 1. The molecular weight excluding hydrogens is 348 g/mol. The number of hydrogen-bond acceptors (Lipinski definition) is 2. The van der Waals surface area contributed by atoms with E-state index in [1.165, 1.54) is 16.3 Å². The van der Waals surface area contributed by atoms with Crippen molar-refractivity contribution in [3.63, 3.8) is 0 Å². The van der Waals surface area contributed by atoms with Crippen LogP contribution in [0, 0.1) is 12.8 Å². The summed E-state index contributed by atoms with van der Waals surface area (Å²) in [4.78, 5) is 14.2. The molecule has 7 heteroatoms. The fourth-order valence-corrected chi connectivity index (χ4v) is 3.34. The maximum Gasteiger partial charge on any atom is 0.282 e. The Bertz CT molecular complexity index is 745. The fraction of sp³-hybridized carbons (Fsp3) is 0.444. The van der Waals surface area contributed by atoms with Crippen LogP contribution in [0.4, 0.5) is 8.78 Å². The topological polar surface area (TPSA) is 38.1 Å². The van der Waals surface area contributed by atoms with E-state index in [4.69, 9.17) is 11.6 Å². The molecule has 0 spiro atoms.